The number of aryl methyl sites for hydroxylation is 1. The second kappa shape index (κ2) is 9.95. The average Bonchev–Trinajstić information content (AvgIpc) is 3.52. The predicted molar refractivity (Wildman–Crippen MR) is 125 cm³/mol. The Balaban J connectivity index is 1.46. The van der Waals surface area contributed by atoms with E-state index in [9.17, 15) is 9.59 Å². The molecule has 8 nitrogen and oxygen atoms in total. The van der Waals surface area contributed by atoms with Gasteiger partial charge >= 0.3 is 0 Å². The maximum atomic E-state index is 13.0. The van der Waals surface area contributed by atoms with Crippen molar-refractivity contribution in [3.05, 3.63) is 78.4 Å². The molecule has 2 N–H and O–H groups in total. The molecular formula is C25H25N3O5. The fourth-order valence-corrected chi connectivity index (χ4v) is 3.64. The van der Waals surface area contributed by atoms with Gasteiger partial charge in [-0.3, -0.25) is 9.59 Å². The minimum absolute atomic E-state index is 0.134. The van der Waals surface area contributed by atoms with E-state index < -0.39 is 5.91 Å². The Bertz CT molecular complexity index is 1260. The SMILES string of the molecule is COc1cc(NC(=O)c2ccco2)c(C(=O)NCCCn2ccc3ccccc32)cc1OC. The van der Waals surface area contributed by atoms with E-state index in [0.717, 1.165) is 18.5 Å². The summed E-state index contributed by atoms with van der Waals surface area (Å²) in [5.41, 5.74) is 1.72. The first-order valence-corrected chi connectivity index (χ1v) is 10.5. The lowest BCUT2D eigenvalue weighted by Gasteiger charge is -2.15. The zero-order valence-electron chi connectivity index (χ0n) is 18.5. The van der Waals surface area contributed by atoms with E-state index in [2.05, 4.69) is 33.4 Å². The Morgan fingerprint density at radius 2 is 1.76 bits per heavy atom. The van der Waals surface area contributed by atoms with Gasteiger partial charge in [0.05, 0.1) is 31.7 Å². The van der Waals surface area contributed by atoms with Crippen LogP contribution in [0.2, 0.25) is 0 Å². The third-order valence-electron chi connectivity index (χ3n) is 5.30. The summed E-state index contributed by atoms with van der Waals surface area (Å²) in [7, 11) is 2.97. The van der Waals surface area contributed by atoms with E-state index in [-0.39, 0.29) is 17.2 Å². The molecule has 0 spiro atoms. The first kappa shape index (κ1) is 22.0. The van der Waals surface area contributed by atoms with Crippen LogP contribution in [-0.2, 0) is 6.54 Å². The Hall–Kier alpha value is -4.20. The Kier molecular flexibility index (Phi) is 6.64. The number of aromatic nitrogens is 1. The smallest absolute Gasteiger partial charge is 0.291 e. The van der Waals surface area contributed by atoms with Gasteiger partial charge in [-0.15, -0.1) is 0 Å². The van der Waals surface area contributed by atoms with Crippen LogP contribution >= 0.6 is 0 Å². The molecule has 33 heavy (non-hydrogen) atoms. The van der Waals surface area contributed by atoms with Gasteiger partial charge < -0.3 is 29.1 Å². The van der Waals surface area contributed by atoms with Gasteiger partial charge in [-0.1, -0.05) is 18.2 Å². The molecule has 0 atom stereocenters. The third kappa shape index (κ3) is 4.85. The van der Waals surface area contributed by atoms with Crippen molar-refractivity contribution in [2.45, 2.75) is 13.0 Å². The van der Waals surface area contributed by atoms with Gasteiger partial charge in [0, 0.05) is 30.9 Å². The van der Waals surface area contributed by atoms with Crippen LogP contribution in [0, 0.1) is 0 Å². The number of carbonyl (C=O) groups is 2. The fraction of sp³-hybridized carbons (Fsp3) is 0.200. The van der Waals surface area contributed by atoms with Gasteiger partial charge in [0.2, 0.25) is 0 Å². The van der Waals surface area contributed by atoms with Crippen molar-refractivity contribution >= 4 is 28.4 Å². The van der Waals surface area contributed by atoms with E-state index >= 15 is 0 Å². The van der Waals surface area contributed by atoms with Gasteiger partial charge in [-0.05, 0) is 42.1 Å². The molecule has 0 bridgehead atoms. The number of rotatable bonds is 9. The highest BCUT2D eigenvalue weighted by Gasteiger charge is 2.20. The number of hydrogen-bond acceptors (Lipinski definition) is 5. The summed E-state index contributed by atoms with van der Waals surface area (Å²) in [4.78, 5) is 25.5. The number of ether oxygens (including phenoxy) is 2. The van der Waals surface area contributed by atoms with Crippen molar-refractivity contribution < 1.29 is 23.5 Å². The molecule has 0 radical (unpaired) electrons. The van der Waals surface area contributed by atoms with Crippen molar-refractivity contribution in [1.82, 2.24) is 9.88 Å². The molecule has 0 aliphatic rings. The van der Waals surface area contributed by atoms with Crippen LogP contribution < -0.4 is 20.1 Å². The van der Waals surface area contributed by atoms with E-state index in [1.165, 1.54) is 25.9 Å². The summed E-state index contributed by atoms with van der Waals surface area (Å²) >= 11 is 0. The number of methoxy groups -OCH3 is 2. The summed E-state index contributed by atoms with van der Waals surface area (Å²) in [6.45, 7) is 1.23. The van der Waals surface area contributed by atoms with Crippen LogP contribution in [0.5, 0.6) is 11.5 Å². The van der Waals surface area contributed by atoms with Gasteiger partial charge in [0.25, 0.3) is 11.8 Å². The van der Waals surface area contributed by atoms with E-state index in [1.807, 2.05) is 18.3 Å². The second-order valence-electron chi connectivity index (χ2n) is 7.36. The van der Waals surface area contributed by atoms with Crippen LogP contribution in [0.25, 0.3) is 10.9 Å². The molecule has 0 aliphatic heterocycles. The topological polar surface area (TPSA) is 94.7 Å². The first-order chi connectivity index (χ1) is 16.1. The molecule has 0 saturated carbocycles. The molecule has 0 aliphatic carbocycles. The lowest BCUT2D eigenvalue weighted by atomic mass is 10.1. The molecule has 4 rings (SSSR count). The number of furan rings is 1. The molecule has 2 heterocycles. The highest BCUT2D eigenvalue weighted by atomic mass is 16.5. The van der Waals surface area contributed by atoms with Gasteiger partial charge in [-0.25, -0.2) is 0 Å². The number of para-hydroxylation sites is 1. The van der Waals surface area contributed by atoms with E-state index in [4.69, 9.17) is 13.9 Å². The summed E-state index contributed by atoms with van der Waals surface area (Å²) in [6, 6.07) is 16.5. The number of hydrogen-bond donors (Lipinski definition) is 2. The quantitative estimate of drug-likeness (QED) is 0.373. The highest BCUT2D eigenvalue weighted by Crippen LogP contribution is 2.33. The molecular weight excluding hydrogens is 422 g/mol. The minimum atomic E-state index is -0.472. The van der Waals surface area contributed by atoms with Gasteiger partial charge in [0.1, 0.15) is 0 Å². The summed E-state index contributed by atoms with van der Waals surface area (Å²) < 4.78 is 18.0. The van der Waals surface area contributed by atoms with Crippen molar-refractivity contribution in [1.29, 1.82) is 0 Å². The maximum Gasteiger partial charge on any atom is 0.291 e. The standard InChI is InChI=1S/C25H25N3O5/c1-31-22-15-18(19(16-23(22)32-2)27-25(30)21-9-5-14-33-21)24(29)26-11-6-12-28-13-10-17-7-3-4-8-20(17)28/h3-5,7-10,13-16H,6,11-12H2,1-2H3,(H,26,29)(H,27,30). The van der Waals surface area contributed by atoms with Crippen molar-refractivity contribution in [3.63, 3.8) is 0 Å². The first-order valence-electron chi connectivity index (χ1n) is 10.5. The normalized spacial score (nSPS) is 10.7. The third-order valence-corrected chi connectivity index (χ3v) is 5.30. The largest absolute Gasteiger partial charge is 0.493 e. The monoisotopic (exact) mass is 447 g/mol. The molecule has 8 heteroatoms. The minimum Gasteiger partial charge on any atom is -0.493 e. The molecule has 0 unspecified atom stereocenters. The molecule has 0 fully saturated rings. The lowest BCUT2D eigenvalue weighted by Crippen LogP contribution is -2.27. The summed E-state index contributed by atoms with van der Waals surface area (Å²) in [6.07, 6.45) is 4.19. The summed E-state index contributed by atoms with van der Waals surface area (Å²) in [5, 5.41) is 6.83. The highest BCUT2D eigenvalue weighted by molar-refractivity contribution is 6.08. The van der Waals surface area contributed by atoms with Crippen LogP contribution in [0.15, 0.2) is 71.5 Å². The fourth-order valence-electron chi connectivity index (χ4n) is 3.64. The van der Waals surface area contributed by atoms with Crippen molar-refractivity contribution in [2.75, 3.05) is 26.1 Å². The van der Waals surface area contributed by atoms with Crippen LogP contribution in [0.4, 0.5) is 5.69 Å². The molecule has 2 aromatic heterocycles. The number of benzene rings is 2. The molecule has 170 valence electrons. The number of nitrogens with one attached hydrogen (secondary N) is 2. The van der Waals surface area contributed by atoms with Gasteiger partial charge in [-0.2, -0.15) is 0 Å². The predicted octanol–water partition coefficient (Wildman–Crippen LogP) is 4.32. The average molecular weight is 447 g/mol. The number of carbonyl (C=O) groups excluding carboxylic acids is 2. The second-order valence-corrected chi connectivity index (χ2v) is 7.36. The number of amides is 2. The van der Waals surface area contributed by atoms with E-state index in [1.54, 1.807) is 24.3 Å². The van der Waals surface area contributed by atoms with Crippen molar-refractivity contribution in [2.24, 2.45) is 0 Å². The molecule has 2 aromatic carbocycles. The zero-order valence-corrected chi connectivity index (χ0v) is 18.5. The maximum absolute atomic E-state index is 13.0. The Morgan fingerprint density at radius 3 is 2.52 bits per heavy atom. The van der Waals surface area contributed by atoms with Crippen LogP contribution in [0.3, 0.4) is 0 Å². The van der Waals surface area contributed by atoms with Crippen molar-refractivity contribution in [3.8, 4) is 11.5 Å². The van der Waals surface area contributed by atoms with Crippen LogP contribution in [-0.4, -0.2) is 37.1 Å². The molecule has 4 aromatic rings. The Labute approximate surface area is 191 Å². The molecule has 2 amide bonds. The Morgan fingerprint density at radius 1 is 0.970 bits per heavy atom. The van der Waals surface area contributed by atoms with Gasteiger partial charge in [0.15, 0.2) is 17.3 Å². The number of nitrogens with zero attached hydrogens (tertiary/aromatic N) is 1. The van der Waals surface area contributed by atoms with Crippen LogP contribution in [0.1, 0.15) is 27.3 Å². The number of fused-ring (bicyclic) bond motifs is 1. The summed E-state index contributed by atoms with van der Waals surface area (Å²) in [5.74, 6) is 0.111. The van der Waals surface area contributed by atoms with E-state index in [0.29, 0.717) is 23.7 Å². The zero-order chi connectivity index (χ0) is 23.2. The molecule has 0 saturated heterocycles. The lowest BCUT2D eigenvalue weighted by molar-refractivity contribution is 0.0953. The number of anilines is 1.